The molecule has 0 N–H and O–H groups in total. The zero-order valence-electron chi connectivity index (χ0n) is 19.9. The highest BCUT2D eigenvalue weighted by Crippen LogP contribution is 2.30. The Morgan fingerprint density at radius 2 is 0.903 bits per heavy atom. The van der Waals surface area contributed by atoms with Crippen molar-refractivity contribution in [1.29, 1.82) is 0 Å². The molecule has 2 heterocycles. The zero-order valence-corrected chi connectivity index (χ0v) is 19.9. The lowest BCUT2D eigenvalue weighted by atomic mass is 9.34. The van der Waals surface area contributed by atoms with E-state index in [9.17, 15) is 0 Å². The molecule has 0 amide bonds. The predicted octanol–water partition coefficient (Wildman–Crippen LogP) is 3.93. The van der Waals surface area contributed by atoms with Crippen LogP contribution in [0.4, 0.5) is 0 Å². The summed E-state index contributed by atoms with van der Waals surface area (Å²) < 4.78 is 0. The smallest absolute Gasteiger partial charge is 0.239 e. The van der Waals surface area contributed by atoms with Gasteiger partial charge in [0.2, 0.25) is 6.42 Å². The van der Waals surface area contributed by atoms with Gasteiger partial charge in [-0.2, -0.15) is 10.9 Å². The molecule has 0 aliphatic carbocycles. The molecule has 5 heteroatoms. The van der Waals surface area contributed by atoms with Crippen LogP contribution < -0.4 is 10.9 Å². The van der Waals surface area contributed by atoms with Crippen molar-refractivity contribution in [1.82, 2.24) is 19.4 Å². The maximum Gasteiger partial charge on any atom is 0.239 e. The molecular formula is C26H36BN4-. The van der Waals surface area contributed by atoms with Crippen molar-refractivity contribution >= 4 is 17.3 Å². The second-order valence-corrected chi connectivity index (χ2v) is 10.8. The first-order chi connectivity index (χ1) is 14.6. The molecule has 2 aliphatic rings. The molecule has 31 heavy (non-hydrogen) atoms. The maximum absolute atomic E-state index is 2.55. The highest BCUT2D eigenvalue weighted by molar-refractivity contribution is 6.98. The van der Waals surface area contributed by atoms with Gasteiger partial charge in [-0.05, 0) is 53.9 Å². The fourth-order valence-electron chi connectivity index (χ4n) is 4.82. The van der Waals surface area contributed by atoms with Crippen LogP contribution in [0.15, 0.2) is 85.5 Å². The minimum Gasteiger partial charge on any atom is -0.509 e. The molecule has 0 saturated heterocycles. The van der Waals surface area contributed by atoms with Crippen molar-refractivity contribution < 1.29 is 0 Å². The molecule has 0 radical (unpaired) electrons. The van der Waals surface area contributed by atoms with E-state index in [-0.39, 0.29) is 11.1 Å². The number of hydrogen-bond acceptors (Lipinski definition) is 4. The first-order valence-electron chi connectivity index (χ1n) is 11.3. The summed E-state index contributed by atoms with van der Waals surface area (Å²) in [5.41, 5.74) is 2.79. The number of nitrogens with zero attached hydrogens (tertiary/aromatic N) is 4. The van der Waals surface area contributed by atoms with Crippen LogP contribution in [0.25, 0.3) is 0 Å². The summed E-state index contributed by atoms with van der Waals surface area (Å²) in [5.74, 6) is 0. The molecule has 0 atom stereocenters. The Morgan fingerprint density at radius 1 is 0.548 bits per heavy atom. The Bertz CT molecular complexity index is 861. The van der Waals surface area contributed by atoms with Crippen LogP contribution in [0.2, 0.25) is 0 Å². The molecular weight excluding hydrogens is 379 g/mol. The van der Waals surface area contributed by atoms with Crippen molar-refractivity contribution in [2.24, 2.45) is 0 Å². The van der Waals surface area contributed by atoms with Gasteiger partial charge in [-0.25, -0.2) is 0 Å². The number of rotatable bonds is 4. The molecule has 0 saturated carbocycles. The van der Waals surface area contributed by atoms with Gasteiger partial charge >= 0.3 is 0 Å². The summed E-state index contributed by atoms with van der Waals surface area (Å²) in [6.07, 6.45) is 7.71. The van der Waals surface area contributed by atoms with Crippen LogP contribution in [0, 0.1) is 0 Å². The molecule has 0 aromatic heterocycles. The van der Waals surface area contributed by atoms with Gasteiger partial charge in [0.05, 0.1) is 13.3 Å². The number of hydrogen-bond donors (Lipinski definition) is 0. The second-order valence-electron chi connectivity index (χ2n) is 10.8. The van der Waals surface area contributed by atoms with E-state index in [4.69, 9.17) is 0 Å². The van der Waals surface area contributed by atoms with E-state index in [1.807, 2.05) is 0 Å². The average molecular weight is 415 g/mol. The Hall–Kier alpha value is -2.82. The maximum atomic E-state index is 2.55. The van der Waals surface area contributed by atoms with Gasteiger partial charge in [0.1, 0.15) is 0 Å². The highest BCUT2D eigenvalue weighted by Gasteiger charge is 2.43. The molecule has 0 bridgehead atoms. The monoisotopic (exact) mass is 415 g/mol. The normalized spacial score (nSPS) is 17.2. The minimum atomic E-state index is -1.38. The Morgan fingerprint density at radius 3 is 1.19 bits per heavy atom. The van der Waals surface area contributed by atoms with E-state index in [0.29, 0.717) is 0 Å². The van der Waals surface area contributed by atoms with E-state index in [2.05, 4.69) is 146 Å². The lowest BCUT2D eigenvalue weighted by molar-refractivity contribution is 0.173. The quantitative estimate of drug-likeness (QED) is 0.702. The van der Waals surface area contributed by atoms with Crippen LogP contribution in [-0.2, 0) is 0 Å². The minimum absolute atomic E-state index is 0.0682. The van der Waals surface area contributed by atoms with Gasteiger partial charge in [-0.15, -0.1) is 0 Å². The van der Waals surface area contributed by atoms with Gasteiger partial charge in [-0.3, -0.25) is 0 Å². The lowest BCUT2D eigenvalue weighted by Gasteiger charge is -2.58. The van der Waals surface area contributed by atoms with Crippen molar-refractivity contribution in [3.8, 4) is 0 Å². The summed E-state index contributed by atoms with van der Waals surface area (Å²) >= 11 is 0. The summed E-state index contributed by atoms with van der Waals surface area (Å²) in [7, 11) is 0. The SMILES string of the molecule is CC(C)(C)N1C=CN([B-](c2ccccc2)(c2ccccc2)N2C=CN(C(C)(C)C)C2)C1. The predicted molar refractivity (Wildman–Crippen MR) is 133 cm³/mol. The van der Waals surface area contributed by atoms with Gasteiger partial charge in [-0.1, -0.05) is 60.7 Å². The van der Waals surface area contributed by atoms with Crippen LogP contribution in [-0.4, -0.2) is 50.3 Å². The Balaban J connectivity index is 1.88. The highest BCUT2D eigenvalue weighted by atomic mass is 15.4. The third-order valence-electron chi connectivity index (χ3n) is 6.72. The van der Waals surface area contributed by atoms with Gasteiger partial charge < -0.3 is 19.4 Å². The summed E-state index contributed by atoms with van der Waals surface area (Å²) in [5, 5.41) is 0. The van der Waals surface area contributed by atoms with Gasteiger partial charge in [0.25, 0.3) is 0 Å². The third kappa shape index (κ3) is 3.82. The molecule has 0 fully saturated rings. The van der Waals surface area contributed by atoms with Crippen molar-refractivity contribution in [3.05, 3.63) is 85.5 Å². The molecule has 4 rings (SSSR count). The largest absolute Gasteiger partial charge is 0.509 e. The van der Waals surface area contributed by atoms with Gasteiger partial charge in [0, 0.05) is 23.5 Å². The van der Waals surface area contributed by atoms with E-state index in [1.165, 1.54) is 10.9 Å². The second kappa shape index (κ2) is 7.70. The van der Waals surface area contributed by atoms with Crippen LogP contribution in [0.1, 0.15) is 41.5 Å². The fraction of sp³-hybridized carbons (Fsp3) is 0.385. The lowest BCUT2D eigenvalue weighted by Crippen LogP contribution is -2.77. The molecule has 2 aromatic rings. The standard InChI is InChI=1S/C26H36BN4/c1-25(2,3)28-17-19-30(21-28)27(23-13-9-7-10-14-23,24-15-11-8-12-16-24)31-20-18-29(22-31)26(4,5)6/h7-20H,21-22H2,1-6H3/q-1. The fourth-order valence-corrected chi connectivity index (χ4v) is 4.82. The van der Waals surface area contributed by atoms with E-state index in [1.54, 1.807) is 0 Å². The molecule has 2 aromatic carbocycles. The molecule has 0 spiro atoms. The van der Waals surface area contributed by atoms with E-state index < -0.39 is 6.42 Å². The zero-order chi connectivity index (χ0) is 22.3. The van der Waals surface area contributed by atoms with E-state index in [0.717, 1.165) is 13.3 Å². The van der Waals surface area contributed by atoms with Crippen molar-refractivity contribution in [3.63, 3.8) is 0 Å². The summed E-state index contributed by atoms with van der Waals surface area (Å²) in [4.78, 5) is 9.95. The Labute approximate surface area is 188 Å². The van der Waals surface area contributed by atoms with E-state index >= 15 is 0 Å². The summed E-state index contributed by atoms with van der Waals surface area (Å²) in [6, 6.07) is 22.0. The molecule has 0 unspecified atom stereocenters. The van der Waals surface area contributed by atoms with Crippen molar-refractivity contribution in [2.75, 3.05) is 13.3 Å². The Kier molecular flexibility index (Phi) is 5.32. The van der Waals surface area contributed by atoms with Crippen LogP contribution in [0.3, 0.4) is 0 Å². The van der Waals surface area contributed by atoms with Crippen molar-refractivity contribution in [2.45, 2.75) is 52.6 Å². The first kappa shape index (κ1) is 21.4. The summed E-state index contributed by atoms with van der Waals surface area (Å²) in [6.45, 7) is 15.4. The molecule has 4 nitrogen and oxygen atoms in total. The topological polar surface area (TPSA) is 13.0 Å². The molecule has 164 valence electrons. The average Bonchev–Trinajstić information content (AvgIpc) is 3.41. The molecule has 2 aliphatic heterocycles. The van der Waals surface area contributed by atoms with Crippen LogP contribution >= 0.6 is 0 Å². The number of benzene rings is 2. The van der Waals surface area contributed by atoms with Crippen LogP contribution in [0.5, 0.6) is 0 Å². The van der Waals surface area contributed by atoms with Gasteiger partial charge in [0.15, 0.2) is 0 Å². The first-order valence-corrected chi connectivity index (χ1v) is 11.3. The third-order valence-corrected chi connectivity index (χ3v) is 6.72.